The Kier molecular flexibility index (Phi) is 4.31. The molecule has 0 spiro atoms. The van der Waals surface area contributed by atoms with E-state index in [0.717, 1.165) is 13.2 Å². The van der Waals surface area contributed by atoms with Gasteiger partial charge in [-0.1, -0.05) is 6.07 Å². The quantitative estimate of drug-likeness (QED) is 0.830. The van der Waals surface area contributed by atoms with Gasteiger partial charge >= 0.3 is 11.9 Å². The van der Waals surface area contributed by atoms with Crippen molar-refractivity contribution >= 4 is 21.8 Å². The second-order valence-corrected chi connectivity index (χ2v) is 6.23. The highest BCUT2D eigenvalue weighted by atomic mass is 32.2. The first kappa shape index (κ1) is 15.2. The van der Waals surface area contributed by atoms with Crippen LogP contribution in [0.2, 0.25) is 0 Å². The third-order valence-electron chi connectivity index (χ3n) is 2.74. The maximum atomic E-state index is 12.2. The molecule has 1 aromatic carbocycles. The van der Waals surface area contributed by atoms with Crippen LogP contribution in [0.15, 0.2) is 23.1 Å². The summed E-state index contributed by atoms with van der Waals surface area (Å²) in [6.07, 6.45) is 0. The summed E-state index contributed by atoms with van der Waals surface area (Å²) in [6, 6.07) is 3.74. The van der Waals surface area contributed by atoms with Gasteiger partial charge in [0.15, 0.2) is 15.1 Å². The number of sulfone groups is 1. The summed E-state index contributed by atoms with van der Waals surface area (Å²) in [4.78, 5) is 22.0. The topological polar surface area (TPSA) is 97.7 Å². The molecule has 1 rings (SSSR count). The maximum absolute atomic E-state index is 12.2. The van der Waals surface area contributed by atoms with E-state index in [1.54, 1.807) is 0 Å². The highest BCUT2D eigenvalue weighted by Crippen LogP contribution is 2.22. The second kappa shape index (κ2) is 5.40. The molecule has 0 saturated carbocycles. The number of methoxy groups -OCH3 is 1. The maximum Gasteiger partial charge on any atom is 0.335 e. The first-order valence-electron chi connectivity index (χ1n) is 5.37. The van der Waals surface area contributed by atoms with Gasteiger partial charge in [-0.2, -0.15) is 0 Å². The van der Waals surface area contributed by atoms with E-state index in [0.29, 0.717) is 5.56 Å². The molecule has 0 aliphatic heterocycles. The molecule has 1 atom stereocenters. The Balaban J connectivity index is 3.40. The Morgan fingerprint density at radius 3 is 2.37 bits per heavy atom. The van der Waals surface area contributed by atoms with Gasteiger partial charge < -0.3 is 9.84 Å². The molecule has 0 fully saturated rings. The van der Waals surface area contributed by atoms with E-state index in [9.17, 15) is 18.0 Å². The number of esters is 1. The van der Waals surface area contributed by atoms with Crippen LogP contribution in [0.5, 0.6) is 0 Å². The van der Waals surface area contributed by atoms with Crippen LogP contribution >= 0.6 is 0 Å². The van der Waals surface area contributed by atoms with Gasteiger partial charge in [0.1, 0.15) is 0 Å². The normalized spacial score (nSPS) is 12.8. The number of ether oxygens (including phenoxy) is 1. The third-order valence-corrected chi connectivity index (χ3v) is 4.92. The molecule has 1 N–H and O–H groups in total. The van der Waals surface area contributed by atoms with Gasteiger partial charge in [-0.25, -0.2) is 13.2 Å². The lowest BCUT2D eigenvalue weighted by Gasteiger charge is -2.13. The van der Waals surface area contributed by atoms with E-state index in [1.807, 2.05) is 0 Å². The van der Waals surface area contributed by atoms with Crippen molar-refractivity contribution < 1.29 is 27.9 Å². The molecule has 7 heteroatoms. The standard InChI is InChI=1S/C12H14O6S/c1-7-4-5-9(11(13)14)6-10(7)19(16,17)8(2)12(15)18-3/h4-6,8H,1-3H3,(H,13,14). The third kappa shape index (κ3) is 2.93. The van der Waals surface area contributed by atoms with Crippen LogP contribution in [0, 0.1) is 6.92 Å². The number of carbonyl (C=O) groups excluding carboxylic acids is 1. The van der Waals surface area contributed by atoms with Gasteiger partial charge in [0.25, 0.3) is 0 Å². The van der Waals surface area contributed by atoms with Crippen molar-refractivity contribution in [2.45, 2.75) is 24.0 Å². The minimum absolute atomic E-state index is 0.152. The Hall–Kier alpha value is -1.89. The summed E-state index contributed by atoms with van der Waals surface area (Å²) in [5.74, 6) is -2.12. The number of carboxylic acids is 1. The zero-order valence-corrected chi connectivity index (χ0v) is 11.5. The van der Waals surface area contributed by atoms with Gasteiger partial charge in [-0.05, 0) is 31.5 Å². The lowest BCUT2D eigenvalue weighted by molar-refractivity contribution is -0.139. The van der Waals surface area contributed by atoms with E-state index < -0.39 is 27.0 Å². The smallest absolute Gasteiger partial charge is 0.335 e. The zero-order chi connectivity index (χ0) is 14.8. The van der Waals surface area contributed by atoms with E-state index in [-0.39, 0.29) is 10.5 Å². The van der Waals surface area contributed by atoms with Crippen molar-refractivity contribution in [2.24, 2.45) is 0 Å². The molecule has 0 radical (unpaired) electrons. The summed E-state index contributed by atoms with van der Waals surface area (Å²) >= 11 is 0. The Morgan fingerprint density at radius 2 is 1.89 bits per heavy atom. The van der Waals surface area contributed by atoms with E-state index in [4.69, 9.17) is 5.11 Å². The number of carboxylic acid groups (broad SMARTS) is 1. The Labute approximate surface area is 110 Å². The van der Waals surface area contributed by atoms with Crippen LogP contribution in [0.3, 0.4) is 0 Å². The van der Waals surface area contributed by atoms with Gasteiger partial charge in [0.2, 0.25) is 0 Å². The van der Waals surface area contributed by atoms with E-state index in [2.05, 4.69) is 4.74 Å². The highest BCUT2D eigenvalue weighted by molar-refractivity contribution is 7.92. The van der Waals surface area contributed by atoms with Crippen molar-refractivity contribution in [3.63, 3.8) is 0 Å². The van der Waals surface area contributed by atoms with Crippen LogP contribution in [0.4, 0.5) is 0 Å². The van der Waals surface area contributed by atoms with Gasteiger partial charge in [-0.3, -0.25) is 4.79 Å². The average molecular weight is 286 g/mol. The molecule has 0 bridgehead atoms. The summed E-state index contributed by atoms with van der Waals surface area (Å²) in [5.41, 5.74) is 0.224. The number of benzene rings is 1. The molecule has 0 saturated heterocycles. The molecule has 104 valence electrons. The van der Waals surface area contributed by atoms with Gasteiger partial charge in [0.05, 0.1) is 17.6 Å². The molecule has 1 unspecified atom stereocenters. The molecule has 6 nitrogen and oxygen atoms in total. The molecule has 0 aromatic heterocycles. The monoisotopic (exact) mass is 286 g/mol. The minimum Gasteiger partial charge on any atom is -0.478 e. The van der Waals surface area contributed by atoms with Crippen molar-refractivity contribution in [3.8, 4) is 0 Å². The molecule has 1 aromatic rings. The largest absolute Gasteiger partial charge is 0.478 e. The molecular formula is C12H14O6S. The van der Waals surface area contributed by atoms with Gasteiger partial charge in [-0.15, -0.1) is 0 Å². The first-order chi connectivity index (χ1) is 8.71. The fraction of sp³-hybridized carbons (Fsp3) is 0.333. The number of rotatable bonds is 4. The lowest BCUT2D eigenvalue weighted by atomic mass is 10.1. The average Bonchev–Trinajstić information content (AvgIpc) is 2.36. The number of hydrogen-bond acceptors (Lipinski definition) is 5. The molecule has 0 amide bonds. The first-order valence-corrected chi connectivity index (χ1v) is 6.92. The van der Waals surface area contributed by atoms with Crippen LogP contribution < -0.4 is 0 Å². The molecular weight excluding hydrogens is 272 g/mol. The Bertz CT molecular complexity index is 617. The molecule has 0 heterocycles. The van der Waals surface area contributed by atoms with E-state index in [1.165, 1.54) is 26.0 Å². The van der Waals surface area contributed by atoms with E-state index >= 15 is 0 Å². The summed E-state index contributed by atoms with van der Waals surface area (Å²) in [7, 11) is -2.88. The predicted molar refractivity (Wildman–Crippen MR) is 66.8 cm³/mol. The lowest BCUT2D eigenvalue weighted by Crippen LogP contribution is -2.29. The van der Waals surface area contributed by atoms with Crippen LogP contribution in [-0.2, 0) is 19.4 Å². The van der Waals surface area contributed by atoms with Crippen molar-refractivity contribution in [1.29, 1.82) is 0 Å². The second-order valence-electron chi connectivity index (χ2n) is 4.00. The van der Waals surface area contributed by atoms with Gasteiger partial charge in [0, 0.05) is 0 Å². The predicted octanol–water partition coefficient (Wildman–Crippen LogP) is 1.03. The van der Waals surface area contributed by atoms with Crippen LogP contribution in [0.25, 0.3) is 0 Å². The van der Waals surface area contributed by atoms with Crippen molar-refractivity contribution in [1.82, 2.24) is 0 Å². The zero-order valence-electron chi connectivity index (χ0n) is 10.7. The number of carbonyl (C=O) groups is 2. The van der Waals surface area contributed by atoms with Crippen LogP contribution in [0.1, 0.15) is 22.8 Å². The summed E-state index contributed by atoms with van der Waals surface area (Å²) in [5, 5.41) is 7.48. The molecule has 0 aliphatic rings. The SMILES string of the molecule is COC(=O)C(C)S(=O)(=O)c1cc(C(=O)O)ccc1C. The fourth-order valence-corrected chi connectivity index (χ4v) is 3.06. The summed E-state index contributed by atoms with van der Waals surface area (Å²) < 4.78 is 28.9. The number of hydrogen-bond donors (Lipinski definition) is 1. The number of aromatic carboxylic acids is 1. The minimum atomic E-state index is -3.97. The molecule has 0 aliphatic carbocycles. The van der Waals surface area contributed by atoms with Crippen molar-refractivity contribution in [3.05, 3.63) is 29.3 Å². The van der Waals surface area contributed by atoms with Crippen molar-refractivity contribution in [2.75, 3.05) is 7.11 Å². The highest BCUT2D eigenvalue weighted by Gasteiger charge is 2.32. The molecule has 19 heavy (non-hydrogen) atoms. The fourth-order valence-electron chi connectivity index (χ4n) is 1.52. The summed E-state index contributed by atoms with van der Waals surface area (Å²) in [6.45, 7) is 2.73. The number of aryl methyl sites for hydroxylation is 1. The Morgan fingerprint density at radius 1 is 1.32 bits per heavy atom. The van der Waals surface area contributed by atoms with Crippen LogP contribution in [-0.4, -0.2) is 37.8 Å².